The molecular formula is C29H51NO6Si. The number of carboxylic acids is 1. The number of ether oxygens (including phenoxy) is 1. The van der Waals surface area contributed by atoms with Crippen LogP contribution in [0.4, 0.5) is 0 Å². The molecule has 0 unspecified atom stereocenters. The van der Waals surface area contributed by atoms with E-state index in [-0.39, 0.29) is 19.1 Å². The lowest BCUT2D eigenvalue weighted by Gasteiger charge is -2.47. The number of hydrogen-bond acceptors (Lipinski definition) is 5. The van der Waals surface area contributed by atoms with Gasteiger partial charge in [-0.2, -0.15) is 0 Å². The van der Waals surface area contributed by atoms with Gasteiger partial charge in [0.05, 0.1) is 0 Å². The molecule has 37 heavy (non-hydrogen) atoms. The minimum absolute atomic E-state index is 0.117. The van der Waals surface area contributed by atoms with Crippen molar-refractivity contribution in [2.45, 2.75) is 104 Å². The third-order valence-corrected chi connectivity index (χ3v) is 7.78. The van der Waals surface area contributed by atoms with E-state index in [9.17, 15) is 14.7 Å². The van der Waals surface area contributed by atoms with Crippen LogP contribution in [0, 0.1) is 19.3 Å². The molecule has 0 aliphatic heterocycles. The van der Waals surface area contributed by atoms with Crippen molar-refractivity contribution in [1.82, 2.24) is 4.90 Å². The van der Waals surface area contributed by atoms with Gasteiger partial charge in [0.15, 0.2) is 20.7 Å². The third-order valence-electron chi connectivity index (χ3n) is 6.94. The van der Waals surface area contributed by atoms with Crippen LogP contribution < -0.4 is 0 Å². The first-order valence-corrected chi connectivity index (χ1v) is 16.5. The van der Waals surface area contributed by atoms with Crippen molar-refractivity contribution in [3.05, 3.63) is 34.9 Å². The van der Waals surface area contributed by atoms with E-state index in [4.69, 9.17) is 14.3 Å². The Balaban J connectivity index is 2.99. The molecule has 212 valence electrons. The van der Waals surface area contributed by atoms with Gasteiger partial charge in [-0.05, 0) is 82.2 Å². The molecule has 0 spiro atoms. The first-order chi connectivity index (χ1) is 17.3. The molecular weight excluding hydrogens is 486 g/mol. The molecule has 1 aromatic carbocycles. The lowest BCUT2D eigenvalue weighted by atomic mass is 9.72. The van der Waals surface area contributed by atoms with Crippen molar-refractivity contribution in [1.29, 1.82) is 0 Å². The molecule has 0 fully saturated rings. The number of nitrogens with zero attached hydrogens (tertiary/aromatic N) is 1. The number of carbonyl (C=O) groups excluding carboxylic acids is 1. The summed E-state index contributed by atoms with van der Waals surface area (Å²) in [6, 6.07) is 6.55. The summed E-state index contributed by atoms with van der Waals surface area (Å²) in [6.07, 6.45) is 4.56. The first-order valence-electron chi connectivity index (χ1n) is 13.7. The molecule has 2 N–H and O–H groups in total. The van der Waals surface area contributed by atoms with Crippen LogP contribution in [-0.4, -0.2) is 74.5 Å². The number of amides is 1. The van der Waals surface area contributed by atoms with Gasteiger partial charge >= 0.3 is 5.97 Å². The minimum atomic E-state index is -1.87. The molecule has 0 radical (unpaired) electrons. The topological polar surface area (TPSA) is 96.3 Å². The van der Waals surface area contributed by atoms with Crippen LogP contribution in [0.3, 0.4) is 0 Å². The summed E-state index contributed by atoms with van der Waals surface area (Å²) in [7, 11) is -0.183. The number of carboxylic acid groups (broad SMARTS) is 1. The Kier molecular flexibility index (Phi) is 14.0. The van der Waals surface area contributed by atoms with Gasteiger partial charge in [-0.15, -0.1) is 0 Å². The summed E-state index contributed by atoms with van der Waals surface area (Å²) in [5.41, 5.74) is 1.23. The normalized spacial score (nSPS) is 14.4. The molecule has 1 amide bonds. The summed E-state index contributed by atoms with van der Waals surface area (Å²) < 4.78 is 12.4. The molecule has 0 aliphatic rings. The van der Waals surface area contributed by atoms with E-state index >= 15 is 0 Å². The zero-order valence-corrected chi connectivity index (χ0v) is 25.6. The number of likely N-dealkylation sites (N-methyl/N-ethyl adjacent to an activating group) is 1. The summed E-state index contributed by atoms with van der Waals surface area (Å²) in [6.45, 7) is 14.3. The Morgan fingerprint density at radius 2 is 1.65 bits per heavy atom. The van der Waals surface area contributed by atoms with E-state index < -0.39 is 32.1 Å². The maximum atomic E-state index is 13.7. The fraction of sp³-hybridized carbons (Fsp3) is 0.724. The van der Waals surface area contributed by atoms with Gasteiger partial charge < -0.3 is 24.3 Å². The summed E-state index contributed by atoms with van der Waals surface area (Å²) in [5, 5.41) is 19.5. The molecule has 2 atom stereocenters. The largest absolute Gasteiger partial charge is 0.479 e. The monoisotopic (exact) mass is 537 g/mol. The number of benzene rings is 1. The molecule has 8 heteroatoms. The summed E-state index contributed by atoms with van der Waals surface area (Å²) in [5.74, 6) is -1.53. The lowest BCUT2D eigenvalue weighted by Crippen LogP contribution is -2.66. The third kappa shape index (κ3) is 9.82. The SMILES string of the molecule is Cc1ccc(CCCCCO[C@@H](C(=O)N(C)CCCCCO)[C@@](O[SiH](C)C)(C(=O)O)C(C)(C)C)cc1C. The van der Waals surface area contributed by atoms with Gasteiger partial charge in [0, 0.05) is 32.2 Å². The van der Waals surface area contributed by atoms with Gasteiger partial charge in [-0.1, -0.05) is 45.4 Å². The van der Waals surface area contributed by atoms with Gasteiger partial charge in [0.2, 0.25) is 0 Å². The van der Waals surface area contributed by atoms with Crippen LogP contribution in [-0.2, 0) is 25.2 Å². The predicted octanol–water partition coefficient (Wildman–Crippen LogP) is 4.89. The molecule has 1 rings (SSSR count). The van der Waals surface area contributed by atoms with Gasteiger partial charge in [0.25, 0.3) is 5.91 Å². The van der Waals surface area contributed by atoms with E-state index in [0.29, 0.717) is 13.0 Å². The molecule has 0 aromatic heterocycles. The van der Waals surface area contributed by atoms with Crippen LogP contribution in [0.1, 0.15) is 76.0 Å². The Morgan fingerprint density at radius 3 is 2.19 bits per heavy atom. The van der Waals surface area contributed by atoms with Crippen LogP contribution in [0.2, 0.25) is 13.1 Å². The molecule has 0 saturated carbocycles. The van der Waals surface area contributed by atoms with Gasteiger partial charge in [-0.25, -0.2) is 4.79 Å². The van der Waals surface area contributed by atoms with Crippen LogP contribution >= 0.6 is 0 Å². The van der Waals surface area contributed by atoms with Crippen molar-refractivity contribution >= 4 is 20.9 Å². The molecule has 0 aliphatic carbocycles. The fourth-order valence-corrected chi connectivity index (χ4v) is 5.89. The predicted molar refractivity (Wildman–Crippen MR) is 152 cm³/mol. The number of carbonyl (C=O) groups is 2. The summed E-state index contributed by atoms with van der Waals surface area (Å²) >= 11 is 0. The van der Waals surface area contributed by atoms with E-state index in [2.05, 4.69) is 32.0 Å². The Hall–Kier alpha value is -1.74. The first kappa shape index (κ1) is 33.3. The van der Waals surface area contributed by atoms with Gasteiger partial charge in [-0.3, -0.25) is 4.79 Å². The second-order valence-electron chi connectivity index (χ2n) is 11.5. The average Bonchev–Trinajstić information content (AvgIpc) is 2.80. The van der Waals surface area contributed by atoms with Crippen molar-refractivity contribution in [2.75, 3.05) is 26.8 Å². The smallest absolute Gasteiger partial charge is 0.338 e. The highest BCUT2D eigenvalue weighted by molar-refractivity contribution is 6.48. The van der Waals surface area contributed by atoms with Crippen molar-refractivity contribution < 1.29 is 29.0 Å². The van der Waals surface area contributed by atoms with E-state index in [1.807, 2.05) is 13.1 Å². The highest BCUT2D eigenvalue weighted by Gasteiger charge is 2.60. The number of aliphatic hydroxyl groups is 1. The minimum Gasteiger partial charge on any atom is -0.479 e. The van der Waals surface area contributed by atoms with Crippen LogP contribution in [0.5, 0.6) is 0 Å². The van der Waals surface area contributed by atoms with Gasteiger partial charge in [0.1, 0.15) is 0 Å². The Labute approximate surface area is 226 Å². The number of unbranched alkanes of at least 4 members (excludes halogenated alkanes) is 4. The van der Waals surface area contributed by atoms with E-state index in [1.54, 1.807) is 32.7 Å². The molecule has 0 heterocycles. The van der Waals surface area contributed by atoms with E-state index in [0.717, 1.165) is 38.5 Å². The molecule has 0 bridgehead atoms. The zero-order chi connectivity index (χ0) is 28.2. The Bertz CT molecular complexity index is 853. The van der Waals surface area contributed by atoms with Crippen molar-refractivity contribution in [3.8, 4) is 0 Å². The highest BCUT2D eigenvalue weighted by atomic mass is 28.3. The average molecular weight is 538 g/mol. The Morgan fingerprint density at radius 1 is 1.00 bits per heavy atom. The van der Waals surface area contributed by atoms with Crippen molar-refractivity contribution in [3.63, 3.8) is 0 Å². The second-order valence-corrected chi connectivity index (χ2v) is 13.8. The number of rotatable bonds is 17. The number of aliphatic carboxylic acids is 1. The number of aryl methyl sites for hydroxylation is 3. The number of aliphatic hydroxyl groups excluding tert-OH is 1. The quantitative estimate of drug-likeness (QED) is 0.217. The lowest BCUT2D eigenvalue weighted by molar-refractivity contribution is -0.199. The maximum absolute atomic E-state index is 13.7. The molecule has 1 aromatic rings. The maximum Gasteiger partial charge on any atom is 0.338 e. The van der Waals surface area contributed by atoms with Crippen molar-refractivity contribution in [2.24, 2.45) is 5.41 Å². The van der Waals surface area contributed by atoms with E-state index in [1.165, 1.54) is 16.7 Å². The van der Waals surface area contributed by atoms with Crippen LogP contribution in [0.25, 0.3) is 0 Å². The standard InChI is InChI=1S/C29H51NO6Si/c1-22-16-17-24(21-23(22)2)15-11-9-14-20-35-25(26(32)30(6)18-12-10-13-19-31)29(27(33)34,28(3,4)5)36-37(7)8/h16-17,21,25,31,37H,9-15,18-20H2,1-8H3,(H,33,34)/t25-,29+/m0/s1. The number of hydrogen-bond donors (Lipinski definition) is 2. The van der Waals surface area contributed by atoms with Crippen LogP contribution in [0.15, 0.2) is 18.2 Å². The molecule has 0 saturated heterocycles. The highest BCUT2D eigenvalue weighted by Crippen LogP contribution is 2.40. The molecule has 7 nitrogen and oxygen atoms in total. The second kappa shape index (κ2) is 15.6. The fourth-order valence-electron chi connectivity index (χ4n) is 4.57. The summed E-state index contributed by atoms with van der Waals surface area (Å²) in [4.78, 5) is 28.1. The zero-order valence-electron chi connectivity index (χ0n) is 24.4.